The van der Waals surface area contributed by atoms with Crippen molar-refractivity contribution in [2.45, 2.75) is 70.6 Å². The van der Waals surface area contributed by atoms with Crippen LogP contribution in [0.3, 0.4) is 0 Å². The molecule has 0 unspecified atom stereocenters. The number of anilines is 1. The maximum absolute atomic E-state index is 13.6. The topological polar surface area (TPSA) is 85.6 Å². The van der Waals surface area contributed by atoms with E-state index in [0.29, 0.717) is 24.2 Å². The van der Waals surface area contributed by atoms with Crippen molar-refractivity contribution in [3.8, 4) is 11.1 Å². The maximum atomic E-state index is 13.6. The summed E-state index contributed by atoms with van der Waals surface area (Å²) >= 11 is 9.67. The minimum atomic E-state index is -0.697. The highest BCUT2D eigenvalue weighted by molar-refractivity contribution is 7.20. The SMILES string of the molecule is CC(C)(C)OC(=O)N(Cc1cccs1)c1cc(Cl)nc2c(-c3ccccc3)c([C@H]3CCCC[C@@H]3[N+](=O)[O-])sc12. The van der Waals surface area contributed by atoms with Crippen molar-refractivity contribution in [1.29, 1.82) is 0 Å². The van der Waals surface area contributed by atoms with Crippen molar-refractivity contribution in [3.05, 3.63) is 78.9 Å². The Balaban J connectivity index is 1.75. The van der Waals surface area contributed by atoms with E-state index in [-0.39, 0.29) is 16.0 Å². The van der Waals surface area contributed by atoms with Crippen molar-refractivity contribution in [3.63, 3.8) is 0 Å². The second-order valence-corrected chi connectivity index (χ2v) is 13.2. The molecule has 1 aliphatic rings. The lowest BCUT2D eigenvalue weighted by Gasteiger charge is -2.27. The molecule has 0 bridgehead atoms. The number of carbonyl (C=O) groups excluding carboxylic acids is 1. The van der Waals surface area contributed by atoms with Gasteiger partial charge in [0.05, 0.1) is 28.4 Å². The van der Waals surface area contributed by atoms with E-state index in [2.05, 4.69) is 0 Å². The smallest absolute Gasteiger partial charge is 0.415 e. The van der Waals surface area contributed by atoms with E-state index in [9.17, 15) is 14.9 Å². The summed E-state index contributed by atoms with van der Waals surface area (Å²) in [6, 6.07) is 14.8. The van der Waals surface area contributed by atoms with Crippen LogP contribution in [-0.4, -0.2) is 27.6 Å². The Bertz CT molecular complexity index is 1480. The standard InChI is InChI=1S/C29H30ClN3O4S2/c1-29(2,3)37-28(34)32(17-19-12-9-15-38-19)22-16-23(30)31-25-24(18-10-5-4-6-11-18)26(39-27(22)25)20-13-7-8-14-21(20)33(35)36/h4-6,9-12,15-16,20-21H,7-8,13-14,17H2,1-3H3/t20-,21-/m0/s1. The first kappa shape index (κ1) is 27.6. The number of benzene rings is 1. The Kier molecular flexibility index (Phi) is 7.94. The Morgan fingerprint density at radius 2 is 1.92 bits per heavy atom. The van der Waals surface area contributed by atoms with E-state index in [1.54, 1.807) is 22.3 Å². The number of fused-ring (bicyclic) bond motifs is 1. The van der Waals surface area contributed by atoms with Crippen molar-refractivity contribution in [1.82, 2.24) is 4.98 Å². The van der Waals surface area contributed by atoms with Crippen LogP contribution in [0.1, 0.15) is 62.1 Å². The van der Waals surface area contributed by atoms with Gasteiger partial charge in [0.15, 0.2) is 0 Å². The number of hydrogen-bond acceptors (Lipinski definition) is 7. The fourth-order valence-corrected chi connectivity index (χ4v) is 7.54. The number of rotatable bonds is 6. The summed E-state index contributed by atoms with van der Waals surface area (Å²) in [5, 5.41) is 14.3. The Hall–Kier alpha value is -3.01. The van der Waals surface area contributed by atoms with Crippen LogP contribution in [-0.2, 0) is 11.3 Å². The van der Waals surface area contributed by atoms with Gasteiger partial charge in [0, 0.05) is 32.7 Å². The van der Waals surface area contributed by atoms with E-state index in [1.807, 2.05) is 68.6 Å². The molecule has 1 aliphatic carbocycles. The van der Waals surface area contributed by atoms with Crippen molar-refractivity contribution < 1.29 is 14.5 Å². The zero-order valence-electron chi connectivity index (χ0n) is 22.1. The molecule has 0 spiro atoms. The van der Waals surface area contributed by atoms with Crippen molar-refractivity contribution in [2.75, 3.05) is 4.90 Å². The van der Waals surface area contributed by atoms with E-state index in [4.69, 9.17) is 21.3 Å². The molecule has 1 amide bonds. The van der Waals surface area contributed by atoms with Gasteiger partial charge in [0.2, 0.25) is 6.04 Å². The van der Waals surface area contributed by atoms with Gasteiger partial charge in [-0.05, 0) is 50.6 Å². The third-order valence-corrected chi connectivity index (χ3v) is 9.20. The van der Waals surface area contributed by atoms with E-state index >= 15 is 0 Å². The number of pyridine rings is 1. The molecule has 4 aromatic rings. The Morgan fingerprint density at radius 1 is 1.18 bits per heavy atom. The van der Waals surface area contributed by atoms with Gasteiger partial charge in [-0.1, -0.05) is 54.4 Å². The van der Waals surface area contributed by atoms with Crippen LogP contribution < -0.4 is 4.90 Å². The molecule has 0 radical (unpaired) electrons. The number of carbonyl (C=O) groups is 1. The summed E-state index contributed by atoms with van der Waals surface area (Å²) in [6.45, 7) is 5.81. The summed E-state index contributed by atoms with van der Waals surface area (Å²) in [5.74, 6) is -0.248. The van der Waals surface area contributed by atoms with Gasteiger partial charge >= 0.3 is 6.09 Å². The average Bonchev–Trinajstić information content (AvgIpc) is 3.54. The van der Waals surface area contributed by atoms with Gasteiger partial charge in [-0.2, -0.15) is 0 Å². The largest absolute Gasteiger partial charge is 0.443 e. The van der Waals surface area contributed by atoms with Crippen molar-refractivity contribution in [2.24, 2.45) is 0 Å². The Labute approximate surface area is 240 Å². The lowest BCUT2D eigenvalue weighted by molar-refractivity contribution is -0.529. The van der Waals surface area contributed by atoms with Gasteiger partial charge in [-0.15, -0.1) is 22.7 Å². The molecule has 1 aromatic carbocycles. The molecule has 1 saturated carbocycles. The van der Waals surface area contributed by atoms with Crippen LogP contribution in [0.2, 0.25) is 5.15 Å². The molecular weight excluding hydrogens is 554 g/mol. The number of aromatic nitrogens is 1. The lowest BCUT2D eigenvalue weighted by atomic mass is 9.82. The fourth-order valence-electron chi connectivity index (χ4n) is 5.18. The zero-order chi connectivity index (χ0) is 27.7. The molecule has 0 N–H and O–H groups in total. The maximum Gasteiger partial charge on any atom is 0.415 e. The molecule has 0 saturated heterocycles. The third kappa shape index (κ3) is 5.95. The fraction of sp³-hybridized carbons (Fsp3) is 0.379. The number of nitro groups is 1. The summed E-state index contributed by atoms with van der Waals surface area (Å²) in [4.78, 5) is 33.9. The number of nitrogens with zero attached hydrogens (tertiary/aromatic N) is 3. The normalized spacial score (nSPS) is 17.7. The monoisotopic (exact) mass is 583 g/mol. The first-order chi connectivity index (χ1) is 18.6. The van der Waals surface area contributed by atoms with Crippen LogP contribution in [0.4, 0.5) is 10.5 Å². The zero-order valence-corrected chi connectivity index (χ0v) is 24.4. The number of amides is 1. The number of halogens is 1. The highest BCUT2D eigenvalue weighted by Gasteiger charge is 2.39. The van der Waals surface area contributed by atoms with Crippen LogP contribution in [0.25, 0.3) is 21.3 Å². The summed E-state index contributed by atoms with van der Waals surface area (Å²) in [6.07, 6.45) is 2.56. The predicted octanol–water partition coefficient (Wildman–Crippen LogP) is 8.92. The second kappa shape index (κ2) is 11.2. The Morgan fingerprint density at radius 3 is 2.59 bits per heavy atom. The quantitative estimate of drug-likeness (QED) is 0.128. The van der Waals surface area contributed by atoms with Crippen LogP contribution in [0, 0.1) is 10.1 Å². The molecule has 204 valence electrons. The molecule has 39 heavy (non-hydrogen) atoms. The summed E-state index contributed by atoms with van der Waals surface area (Å²) in [7, 11) is 0. The molecule has 5 rings (SSSR count). The van der Waals surface area contributed by atoms with Crippen LogP contribution in [0.15, 0.2) is 53.9 Å². The molecular formula is C29H30ClN3O4S2. The molecule has 3 heterocycles. The van der Waals surface area contributed by atoms with Gasteiger partial charge < -0.3 is 4.74 Å². The van der Waals surface area contributed by atoms with Gasteiger partial charge in [-0.25, -0.2) is 9.78 Å². The first-order valence-electron chi connectivity index (χ1n) is 13.0. The predicted molar refractivity (Wildman–Crippen MR) is 159 cm³/mol. The molecule has 10 heteroatoms. The van der Waals surface area contributed by atoms with Gasteiger partial charge in [-0.3, -0.25) is 15.0 Å². The third-order valence-electron chi connectivity index (χ3n) is 6.82. The van der Waals surface area contributed by atoms with Gasteiger partial charge in [0.1, 0.15) is 10.8 Å². The number of hydrogen-bond donors (Lipinski definition) is 0. The minimum absolute atomic E-state index is 0.131. The second-order valence-electron chi connectivity index (χ2n) is 10.7. The van der Waals surface area contributed by atoms with Crippen LogP contribution >= 0.6 is 34.3 Å². The first-order valence-corrected chi connectivity index (χ1v) is 15.0. The van der Waals surface area contributed by atoms with Crippen LogP contribution in [0.5, 0.6) is 0 Å². The number of ether oxygens (including phenoxy) is 1. The summed E-state index contributed by atoms with van der Waals surface area (Å²) < 4.78 is 6.59. The van der Waals surface area contributed by atoms with Gasteiger partial charge in [0.25, 0.3) is 0 Å². The lowest BCUT2D eigenvalue weighted by Crippen LogP contribution is -2.36. The molecule has 1 fully saturated rings. The highest BCUT2D eigenvalue weighted by Crippen LogP contribution is 2.50. The van der Waals surface area contributed by atoms with E-state index < -0.39 is 17.7 Å². The molecule has 0 aliphatic heterocycles. The molecule has 7 nitrogen and oxygen atoms in total. The molecule has 2 atom stereocenters. The number of thiophene rings is 2. The highest BCUT2D eigenvalue weighted by atomic mass is 35.5. The van der Waals surface area contributed by atoms with Crippen molar-refractivity contribution >= 4 is 56.3 Å². The average molecular weight is 584 g/mol. The molecule has 3 aromatic heterocycles. The minimum Gasteiger partial charge on any atom is -0.443 e. The van der Waals surface area contributed by atoms with E-state index in [1.165, 1.54) is 11.3 Å². The van der Waals surface area contributed by atoms with E-state index in [0.717, 1.165) is 44.8 Å². The summed E-state index contributed by atoms with van der Waals surface area (Å²) in [5.41, 5.74) is 2.33.